The van der Waals surface area contributed by atoms with E-state index in [0.717, 1.165) is 0 Å². The lowest BCUT2D eigenvalue weighted by molar-refractivity contribution is 0.201. The van der Waals surface area contributed by atoms with Crippen molar-refractivity contribution in [3.63, 3.8) is 0 Å². The average molecular weight is 271 g/mol. The van der Waals surface area contributed by atoms with Gasteiger partial charge in [-0.3, -0.25) is 0 Å². The molecular formula is C16H36NSi. The number of nitrogens with two attached hydrogens (primary N) is 1. The largest absolute Gasteiger partial charge is 0.325 e. The maximum absolute atomic E-state index is 6.57. The molecule has 0 saturated carbocycles. The Balaban J connectivity index is 3.69. The standard InChI is InChI=1S/C16H36NSi/c1-14(2)16(17,15(3)4)12-10-8-7-9-11-13-18(5)6/h14-15H,7-13,17H2,1-6H3. The van der Waals surface area contributed by atoms with Gasteiger partial charge >= 0.3 is 0 Å². The number of hydrogen-bond acceptors (Lipinski definition) is 1. The van der Waals surface area contributed by atoms with Gasteiger partial charge in [0, 0.05) is 14.3 Å². The van der Waals surface area contributed by atoms with Crippen LogP contribution in [0, 0.1) is 11.8 Å². The predicted octanol–water partition coefficient (Wildman–Crippen LogP) is 5.09. The zero-order valence-corrected chi connectivity index (χ0v) is 14.7. The molecule has 0 fully saturated rings. The molecule has 0 amide bonds. The molecule has 1 nitrogen and oxygen atoms in total. The molecule has 0 aromatic rings. The molecule has 0 aliphatic carbocycles. The van der Waals surface area contributed by atoms with E-state index in [1.54, 1.807) is 0 Å². The summed E-state index contributed by atoms with van der Waals surface area (Å²) in [6.45, 7) is 13.9. The van der Waals surface area contributed by atoms with Gasteiger partial charge in [0.2, 0.25) is 0 Å². The van der Waals surface area contributed by atoms with Gasteiger partial charge in [-0.1, -0.05) is 78.9 Å². The molecule has 0 spiro atoms. The summed E-state index contributed by atoms with van der Waals surface area (Å²) in [7, 11) is 0.00771. The normalized spacial score (nSPS) is 13.0. The first kappa shape index (κ1) is 18.2. The second-order valence-electron chi connectivity index (χ2n) is 6.90. The van der Waals surface area contributed by atoms with E-state index in [1.807, 2.05) is 0 Å². The van der Waals surface area contributed by atoms with Gasteiger partial charge in [-0.15, -0.1) is 0 Å². The van der Waals surface area contributed by atoms with Crippen molar-refractivity contribution in [2.24, 2.45) is 17.6 Å². The lowest BCUT2D eigenvalue weighted by Crippen LogP contribution is -2.49. The van der Waals surface area contributed by atoms with Crippen molar-refractivity contribution >= 4 is 8.80 Å². The summed E-state index contributed by atoms with van der Waals surface area (Å²) in [6, 6.07) is 1.49. The molecule has 0 aliphatic heterocycles. The number of rotatable bonds is 10. The molecule has 2 N–H and O–H groups in total. The molecule has 0 aliphatic rings. The van der Waals surface area contributed by atoms with E-state index in [2.05, 4.69) is 40.8 Å². The summed E-state index contributed by atoms with van der Waals surface area (Å²) < 4.78 is 0. The molecule has 109 valence electrons. The molecule has 0 aromatic heterocycles. The van der Waals surface area contributed by atoms with Crippen LogP contribution in [-0.4, -0.2) is 14.3 Å². The van der Waals surface area contributed by atoms with E-state index in [4.69, 9.17) is 5.73 Å². The van der Waals surface area contributed by atoms with Gasteiger partial charge < -0.3 is 5.73 Å². The second kappa shape index (κ2) is 9.14. The van der Waals surface area contributed by atoms with E-state index in [0.29, 0.717) is 11.8 Å². The molecule has 0 atom stereocenters. The van der Waals surface area contributed by atoms with E-state index >= 15 is 0 Å². The van der Waals surface area contributed by atoms with Crippen LogP contribution in [0.5, 0.6) is 0 Å². The topological polar surface area (TPSA) is 26.0 Å². The van der Waals surface area contributed by atoms with Gasteiger partial charge in [-0.25, -0.2) is 0 Å². The minimum absolute atomic E-state index is 0.00771. The van der Waals surface area contributed by atoms with Crippen LogP contribution >= 0.6 is 0 Å². The van der Waals surface area contributed by atoms with Crippen LogP contribution in [0.3, 0.4) is 0 Å². The molecule has 0 bridgehead atoms. The lowest BCUT2D eigenvalue weighted by Gasteiger charge is -2.38. The average Bonchev–Trinajstić information content (AvgIpc) is 2.26. The van der Waals surface area contributed by atoms with Crippen molar-refractivity contribution in [1.29, 1.82) is 0 Å². The Hall–Kier alpha value is 0.177. The first-order valence-electron chi connectivity index (χ1n) is 7.88. The summed E-state index contributed by atoms with van der Waals surface area (Å²) in [5.74, 6) is 1.17. The van der Waals surface area contributed by atoms with Gasteiger partial charge in [-0.05, 0) is 18.3 Å². The van der Waals surface area contributed by atoms with Crippen molar-refractivity contribution in [3.8, 4) is 0 Å². The molecule has 0 rings (SSSR count). The van der Waals surface area contributed by atoms with Crippen LogP contribution in [0.2, 0.25) is 19.1 Å². The molecule has 0 saturated heterocycles. The molecule has 0 unspecified atom stereocenters. The third-order valence-corrected chi connectivity index (χ3v) is 5.79. The van der Waals surface area contributed by atoms with E-state index < -0.39 is 0 Å². The summed E-state index contributed by atoms with van der Waals surface area (Å²) in [4.78, 5) is 0. The highest BCUT2D eigenvalue weighted by atomic mass is 28.3. The Kier molecular flexibility index (Phi) is 9.23. The fourth-order valence-corrected chi connectivity index (χ4v) is 3.64. The maximum atomic E-state index is 6.57. The van der Waals surface area contributed by atoms with Gasteiger partial charge in [0.1, 0.15) is 0 Å². The first-order valence-corrected chi connectivity index (χ1v) is 10.6. The van der Waals surface area contributed by atoms with Gasteiger partial charge in [0.05, 0.1) is 0 Å². The fourth-order valence-electron chi connectivity index (χ4n) is 2.68. The highest BCUT2D eigenvalue weighted by molar-refractivity contribution is 6.55. The maximum Gasteiger partial charge on any atom is 0.0412 e. The van der Waals surface area contributed by atoms with Crippen molar-refractivity contribution in [2.75, 3.05) is 0 Å². The van der Waals surface area contributed by atoms with Crippen molar-refractivity contribution in [1.82, 2.24) is 0 Å². The Labute approximate surface area is 118 Å². The number of unbranched alkanes of at least 4 members (excludes halogenated alkanes) is 4. The van der Waals surface area contributed by atoms with Gasteiger partial charge in [0.15, 0.2) is 0 Å². The Bertz CT molecular complexity index is 191. The van der Waals surface area contributed by atoms with Crippen LogP contribution in [-0.2, 0) is 0 Å². The Morgan fingerprint density at radius 2 is 1.28 bits per heavy atom. The second-order valence-corrected chi connectivity index (χ2v) is 9.81. The smallest absolute Gasteiger partial charge is 0.0412 e. The highest BCUT2D eigenvalue weighted by Crippen LogP contribution is 2.29. The molecule has 2 heteroatoms. The molecular weight excluding hydrogens is 234 g/mol. The van der Waals surface area contributed by atoms with Crippen LogP contribution in [0.15, 0.2) is 0 Å². The summed E-state index contributed by atoms with van der Waals surface area (Å²) in [5, 5.41) is 0. The van der Waals surface area contributed by atoms with Crippen LogP contribution in [0.4, 0.5) is 0 Å². The minimum Gasteiger partial charge on any atom is -0.325 e. The fraction of sp³-hybridized carbons (Fsp3) is 1.00. The van der Waals surface area contributed by atoms with Crippen LogP contribution in [0.25, 0.3) is 0 Å². The first-order chi connectivity index (χ1) is 8.30. The van der Waals surface area contributed by atoms with E-state index in [1.165, 1.54) is 44.6 Å². The van der Waals surface area contributed by atoms with Crippen molar-refractivity contribution in [2.45, 2.75) is 90.9 Å². The van der Waals surface area contributed by atoms with Gasteiger partial charge in [-0.2, -0.15) is 0 Å². The van der Waals surface area contributed by atoms with Crippen LogP contribution < -0.4 is 5.73 Å². The van der Waals surface area contributed by atoms with Gasteiger partial charge in [0.25, 0.3) is 0 Å². The Morgan fingerprint density at radius 3 is 1.72 bits per heavy atom. The molecule has 0 aromatic carbocycles. The summed E-state index contributed by atoms with van der Waals surface area (Å²) in [6.07, 6.45) is 8.15. The zero-order chi connectivity index (χ0) is 14.2. The van der Waals surface area contributed by atoms with Crippen molar-refractivity contribution < 1.29 is 0 Å². The third kappa shape index (κ3) is 6.94. The quantitative estimate of drug-likeness (QED) is 0.434. The molecule has 18 heavy (non-hydrogen) atoms. The van der Waals surface area contributed by atoms with E-state index in [9.17, 15) is 0 Å². The Morgan fingerprint density at radius 1 is 0.833 bits per heavy atom. The lowest BCUT2D eigenvalue weighted by atomic mass is 9.74. The summed E-state index contributed by atoms with van der Waals surface area (Å²) in [5.41, 5.74) is 6.61. The minimum atomic E-state index is 0.00771. The molecule has 1 radical (unpaired) electrons. The zero-order valence-electron chi connectivity index (χ0n) is 13.7. The summed E-state index contributed by atoms with van der Waals surface area (Å²) >= 11 is 0. The van der Waals surface area contributed by atoms with Crippen LogP contribution in [0.1, 0.15) is 66.2 Å². The third-order valence-electron chi connectivity index (χ3n) is 4.44. The van der Waals surface area contributed by atoms with Crippen molar-refractivity contribution in [3.05, 3.63) is 0 Å². The number of hydrogen-bond donors (Lipinski definition) is 1. The van der Waals surface area contributed by atoms with E-state index in [-0.39, 0.29) is 14.3 Å². The monoisotopic (exact) mass is 270 g/mol. The predicted molar refractivity (Wildman–Crippen MR) is 86.6 cm³/mol. The SMILES string of the molecule is CC(C)C(N)(CCCCCCC[Si](C)C)C(C)C. The molecule has 0 heterocycles. The highest BCUT2D eigenvalue weighted by Gasteiger charge is 2.31.